The molecule has 0 unspecified atom stereocenters. The van der Waals surface area contributed by atoms with Gasteiger partial charge in [-0.1, -0.05) is 0 Å². The number of carbonyl (C=O) groups is 1. The van der Waals surface area contributed by atoms with Crippen LogP contribution in [0.2, 0.25) is 0 Å². The lowest BCUT2D eigenvalue weighted by molar-refractivity contribution is -0.147. The monoisotopic (exact) mass is 380 g/mol. The van der Waals surface area contributed by atoms with Gasteiger partial charge in [-0.05, 0) is 28.1 Å². The summed E-state index contributed by atoms with van der Waals surface area (Å²) < 4.78 is 40.0. The Bertz CT molecular complexity index is 696. The number of alkyl halides is 3. The molecular weight excluding hydrogens is 373 g/mol. The molecule has 0 spiro atoms. The summed E-state index contributed by atoms with van der Waals surface area (Å²) in [5.41, 5.74) is 0. The Labute approximate surface area is 129 Å². The molecule has 0 aliphatic carbocycles. The Morgan fingerprint density at radius 2 is 2.05 bits per heavy atom. The molecule has 1 aliphatic rings. The molecule has 0 atom stereocenters. The zero-order valence-corrected chi connectivity index (χ0v) is 12.8. The van der Waals surface area contributed by atoms with E-state index in [9.17, 15) is 18.0 Å². The molecule has 0 saturated carbocycles. The van der Waals surface area contributed by atoms with Gasteiger partial charge in [-0.3, -0.25) is 4.79 Å². The lowest BCUT2D eigenvalue weighted by Gasteiger charge is -2.27. The van der Waals surface area contributed by atoms with Crippen molar-refractivity contribution in [2.45, 2.75) is 19.3 Å². The van der Waals surface area contributed by atoms with Gasteiger partial charge in [0.05, 0.1) is 15.2 Å². The minimum atomic E-state index is -4.53. The first-order valence-electron chi connectivity index (χ1n) is 5.90. The maximum absolute atomic E-state index is 12.7. The van der Waals surface area contributed by atoms with Gasteiger partial charge in [-0.15, -0.1) is 21.5 Å². The van der Waals surface area contributed by atoms with Gasteiger partial charge < -0.3 is 9.47 Å². The van der Waals surface area contributed by atoms with Crippen LogP contribution in [0.15, 0.2) is 15.9 Å². The van der Waals surface area contributed by atoms with Crippen LogP contribution in [0.5, 0.6) is 0 Å². The Balaban J connectivity index is 1.82. The lowest BCUT2D eigenvalue weighted by atomic mass is 10.3. The molecule has 2 aromatic heterocycles. The molecule has 2 aromatic rings. The largest absolute Gasteiger partial charge is 0.451 e. The van der Waals surface area contributed by atoms with Gasteiger partial charge >= 0.3 is 6.18 Å². The molecule has 1 aliphatic heterocycles. The van der Waals surface area contributed by atoms with Crippen LogP contribution in [0.25, 0.3) is 0 Å². The third kappa shape index (κ3) is 2.69. The quantitative estimate of drug-likeness (QED) is 0.764. The van der Waals surface area contributed by atoms with Gasteiger partial charge in [0, 0.05) is 13.1 Å². The van der Waals surface area contributed by atoms with E-state index in [0.29, 0.717) is 4.88 Å². The molecule has 112 valence electrons. The Kier molecular flexibility index (Phi) is 3.52. The number of fused-ring (bicyclic) bond motifs is 1. The van der Waals surface area contributed by atoms with Crippen LogP contribution in [-0.4, -0.2) is 32.1 Å². The first-order chi connectivity index (χ1) is 9.86. The summed E-state index contributed by atoms with van der Waals surface area (Å²) in [5.74, 6) is -1.07. The van der Waals surface area contributed by atoms with Gasteiger partial charge in [0.15, 0.2) is 5.82 Å². The first kappa shape index (κ1) is 14.5. The summed E-state index contributed by atoms with van der Waals surface area (Å²) in [7, 11) is 0. The molecule has 1 amide bonds. The fourth-order valence-electron chi connectivity index (χ4n) is 2.13. The first-order valence-corrected chi connectivity index (χ1v) is 7.51. The average Bonchev–Trinajstić information content (AvgIpc) is 3.02. The smallest absolute Gasteiger partial charge is 0.329 e. The predicted octanol–water partition coefficient (Wildman–Crippen LogP) is 2.78. The Hall–Kier alpha value is -1.42. The number of thiophene rings is 1. The van der Waals surface area contributed by atoms with Crippen molar-refractivity contribution >= 4 is 33.2 Å². The van der Waals surface area contributed by atoms with E-state index in [4.69, 9.17) is 0 Å². The van der Waals surface area contributed by atoms with Crippen LogP contribution in [0.4, 0.5) is 13.2 Å². The van der Waals surface area contributed by atoms with Crippen LogP contribution in [0, 0.1) is 0 Å². The van der Waals surface area contributed by atoms with Gasteiger partial charge in [-0.2, -0.15) is 13.2 Å². The van der Waals surface area contributed by atoms with Crippen LogP contribution in [-0.2, 0) is 19.3 Å². The number of nitrogens with zero attached hydrogens (tertiary/aromatic N) is 4. The molecule has 0 aromatic carbocycles. The van der Waals surface area contributed by atoms with Gasteiger partial charge in [0.2, 0.25) is 5.82 Å². The molecule has 10 heteroatoms. The average molecular weight is 381 g/mol. The van der Waals surface area contributed by atoms with Crippen LogP contribution < -0.4 is 0 Å². The fraction of sp³-hybridized carbons (Fsp3) is 0.364. The molecule has 0 fully saturated rings. The topological polar surface area (TPSA) is 51.0 Å². The van der Waals surface area contributed by atoms with Gasteiger partial charge in [0.1, 0.15) is 0 Å². The van der Waals surface area contributed by atoms with E-state index in [0.717, 1.165) is 8.35 Å². The van der Waals surface area contributed by atoms with Crippen molar-refractivity contribution in [1.82, 2.24) is 19.7 Å². The summed E-state index contributed by atoms with van der Waals surface area (Å²) in [4.78, 5) is 14.3. The molecule has 3 heterocycles. The van der Waals surface area contributed by atoms with Gasteiger partial charge in [0.25, 0.3) is 5.91 Å². The molecule has 5 nitrogen and oxygen atoms in total. The summed E-state index contributed by atoms with van der Waals surface area (Å²) in [6, 6.07) is 3.43. The number of rotatable bonds is 1. The van der Waals surface area contributed by atoms with Crippen LogP contribution in [0.1, 0.15) is 21.3 Å². The van der Waals surface area contributed by atoms with Gasteiger partial charge in [-0.25, -0.2) is 0 Å². The number of halogens is 4. The van der Waals surface area contributed by atoms with E-state index in [1.165, 1.54) is 16.2 Å². The fourth-order valence-corrected chi connectivity index (χ4v) is 3.48. The predicted molar refractivity (Wildman–Crippen MR) is 71.8 cm³/mol. The van der Waals surface area contributed by atoms with Crippen molar-refractivity contribution < 1.29 is 18.0 Å². The van der Waals surface area contributed by atoms with E-state index in [1.807, 2.05) is 0 Å². The second-order valence-corrected chi connectivity index (χ2v) is 6.88. The number of aromatic nitrogens is 3. The van der Waals surface area contributed by atoms with E-state index < -0.39 is 12.0 Å². The van der Waals surface area contributed by atoms with E-state index >= 15 is 0 Å². The summed E-state index contributed by atoms with van der Waals surface area (Å²) >= 11 is 4.55. The van der Waals surface area contributed by atoms with Crippen LogP contribution >= 0.6 is 27.3 Å². The minimum absolute atomic E-state index is 0.0252. The van der Waals surface area contributed by atoms with Crippen molar-refractivity contribution in [2.24, 2.45) is 0 Å². The maximum atomic E-state index is 12.7. The molecule has 0 bridgehead atoms. The third-order valence-electron chi connectivity index (χ3n) is 3.08. The number of carbonyl (C=O) groups excluding carboxylic acids is 1. The number of amides is 1. The van der Waals surface area contributed by atoms with E-state index in [1.54, 1.807) is 12.1 Å². The molecule has 0 radical (unpaired) electrons. The summed E-state index contributed by atoms with van der Waals surface area (Å²) in [6.07, 6.45) is -4.53. The molecule has 0 N–H and O–H groups in total. The van der Waals surface area contributed by atoms with Crippen molar-refractivity contribution in [1.29, 1.82) is 0 Å². The van der Waals surface area contributed by atoms with Crippen molar-refractivity contribution in [3.05, 3.63) is 32.4 Å². The highest BCUT2D eigenvalue weighted by molar-refractivity contribution is 9.11. The van der Waals surface area contributed by atoms with E-state index in [-0.39, 0.29) is 31.4 Å². The van der Waals surface area contributed by atoms with Crippen molar-refractivity contribution in [3.8, 4) is 0 Å². The zero-order chi connectivity index (χ0) is 15.2. The highest BCUT2D eigenvalue weighted by atomic mass is 79.9. The maximum Gasteiger partial charge on any atom is 0.451 e. The highest BCUT2D eigenvalue weighted by Crippen LogP contribution is 2.30. The Morgan fingerprint density at radius 1 is 1.29 bits per heavy atom. The second-order valence-electron chi connectivity index (χ2n) is 4.42. The lowest BCUT2D eigenvalue weighted by Crippen LogP contribution is -2.39. The van der Waals surface area contributed by atoms with E-state index in [2.05, 4.69) is 26.1 Å². The SMILES string of the molecule is O=C(c1ccc(Br)s1)N1CCn2c(nnc2C(F)(F)F)C1. The molecule has 21 heavy (non-hydrogen) atoms. The van der Waals surface area contributed by atoms with Crippen molar-refractivity contribution in [2.75, 3.05) is 6.54 Å². The number of hydrogen-bond acceptors (Lipinski definition) is 4. The molecular formula is C11H8BrF3N4OS. The highest BCUT2D eigenvalue weighted by Gasteiger charge is 2.40. The van der Waals surface area contributed by atoms with Crippen molar-refractivity contribution in [3.63, 3.8) is 0 Å². The minimum Gasteiger partial charge on any atom is -0.329 e. The van der Waals surface area contributed by atoms with Crippen LogP contribution in [0.3, 0.4) is 0 Å². The molecule has 3 rings (SSSR count). The third-order valence-corrected chi connectivity index (χ3v) is 4.69. The Morgan fingerprint density at radius 3 is 2.67 bits per heavy atom. The normalized spacial score (nSPS) is 15.1. The summed E-state index contributed by atoms with van der Waals surface area (Å²) in [6.45, 7) is 0.259. The zero-order valence-electron chi connectivity index (χ0n) is 10.4. The second kappa shape index (κ2) is 5.09. The number of hydrogen-bond donors (Lipinski definition) is 0. The molecule has 0 saturated heterocycles. The summed E-state index contributed by atoms with van der Waals surface area (Å²) in [5, 5.41) is 6.73. The standard InChI is InChI=1S/C11H8BrF3N4OS/c12-7-2-1-6(21-7)9(20)18-3-4-19-8(5-18)16-17-10(19)11(13,14)15/h1-2H,3-5H2.